The third-order valence-electron chi connectivity index (χ3n) is 2.83. The van der Waals surface area contributed by atoms with Crippen LogP contribution in [0.3, 0.4) is 0 Å². The summed E-state index contributed by atoms with van der Waals surface area (Å²) in [6.45, 7) is 0.111. The van der Waals surface area contributed by atoms with Gasteiger partial charge in [0, 0.05) is 5.02 Å². The molecule has 0 saturated carbocycles. The zero-order chi connectivity index (χ0) is 15.2. The van der Waals surface area contributed by atoms with Crippen LogP contribution in [0.15, 0.2) is 42.5 Å². The number of nitriles is 1. The monoisotopic (exact) mass is 301 g/mol. The van der Waals surface area contributed by atoms with Crippen LogP contribution in [-0.2, 0) is 11.3 Å². The molecule has 0 aliphatic heterocycles. The second kappa shape index (κ2) is 6.78. The lowest BCUT2D eigenvalue weighted by Gasteiger charge is -2.09. The minimum absolute atomic E-state index is 0.111. The van der Waals surface area contributed by atoms with Gasteiger partial charge in [-0.3, -0.25) is 0 Å². The summed E-state index contributed by atoms with van der Waals surface area (Å²) in [7, 11) is 1.47. The highest BCUT2D eigenvalue weighted by Gasteiger charge is 2.14. The highest BCUT2D eigenvalue weighted by molar-refractivity contribution is 6.31. The van der Waals surface area contributed by atoms with E-state index < -0.39 is 5.97 Å². The van der Waals surface area contributed by atoms with Crippen LogP contribution >= 0.6 is 11.6 Å². The van der Waals surface area contributed by atoms with E-state index >= 15 is 0 Å². The Morgan fingerprint density at radius 2 is 1.95 bits per heavy atom. The zero-order valence-electron chi connectivity index (χ0n) is 11.3. The molecule has 0 fully saturated rings. The van der Waals surface area contributed by atoms with Crippen molar-refractivity contribution >= 4 is 17.6 Å². The Kier molecular flexibility index (Phi) is 4.81. The SMILES string of the molecule is COc1ccc(Cl)cc1C(=O)OCc1ccc(C#N)cc1. The average molecular weight is 302 g/mol. The van der Waals surface area contributed by atoms with E-state index in [1.54, 1.807) is 36.4 Å². The van der Waals surface area contributed by atoms with Crippen molar-refractivity contribution in [3.63, 3.8) is 0 Å². The Hall–Kier alpha value is -2.51. The predicted molar refractivity (Wildman–Crippen MR) is 78.3 cm³/mol. The van der Waals surface area contributed by atoms with Gasteiger partial charge in [0.2, 0.25) is 0 Å². The van der Waals surface area contributed by atoms with Gasteiger partial charge in [0.1, 0.15) is 17.9 Å². The molecule has 21 heavy (non-hydrogen) atoms. The molecule has 5 heteroatoms. The quantitative estimate of drug-likeness (QED) is 0.810. The molecule has 2 aromatic rings. The highest BCUT2D eigenvalue weighted by atomic mass is 35.5. The number of esters is 1. The topological polar surface area (TPSA) is 59.3 Å². The zero-order valence-corrected chi connectivity index (χ0v) is 12.1. The lowest BCUT2D eigenvalue weighted by Crippen LogP contribution is -2.07. The van der Waals surface area contributed by atoms with Crippen LogP contribution in [0, 0.1) is 11.3 Å². The molecule has 0 aliphatic carbocycles. The Labute approximate surface area is 127 Å². The molecule has 4 nitrogen and oxygen atoms in total. The van der Waals surface area contributed by atoms with Crippen LogP contribution in [0.1, 0.15) is 21.5 Å². The fourth-order valence-electron chi connectivity index (χ4n) is 1.74. The molecule has 0 amide bonds. The Morgan fingerprint density at radius 1 is 1.24 bits per heavy atom. The number of nitrogens with zero attached hydrogens (tertiary/aromatic N) is 1. The molecule has 106 valence electrons. The normalized spacial score (nSPS) is 9.76. The molecule has 2 rings (SSSR count). The van der Waals surface area contributed by atoms with E-state index in [0.717, 1.165) is 5.56 Å². The van der Waals surface area contributed by atoms with Crippen molar-refractivity contribution in [2.75, 3.05) is 7.11 Å². The number of carbonyl (C=O) groups is 1. The fraction of sp³-hybridized carbons (Fsp3) is 0.125. The number of halogens is 1. The smallest absolute Gasteiger partial charge is 0.342 e. The van der Waals surface area contributed by atoms with Crippen molar-refractivity contribution in [2.45, 2.75) is 6.61 Å². The Balaban J connectivity index is 2.08. The van der Waals surface area contributed by atoms with E-state index in [0.29, 0.717) is 16.3 Å². The van der Waals surface area contributed by atoms with E-state index in [2.05, 4.69) is 0 Å². The van der Waals surface area contributed by atoms with Crippen LogP contribution in [0.4, 0.5) is 0 Å². The Bertz CT molecular complexity index is 690. The number of carbonyl (C=O) groups excluding carboxylic acids is 1. The first kappa shape index (κ1) is 14.9. The van der Waals surface area contributed by atoms with E-state index in [1.807, 2.05) is 6.07 Å². The number of methoxy groups -OCH3 is 1. The van der Waals surface area contributed by atoms with Gasteiger partial charge in [0.15, 0.2) is 0 Å². The molecular formula is C16H12ClNO3. The van der Waals surface area contributed by atoms with Crippen molar-refractivity contribution in [1.82, 2.24) is 0 Å². The molecule has 0 bridgehead atoms. The first-order valence-corrected chi connectivity index (χ1v) is 6.51. The summed E-state index contributed by atoms with van der Waals surface area (Å²) in [5.74, 6) is -0.108. The molecule has 0 atom stereocenters. The number of hydrogen-bond donors (Lipinski definition) is 0. The number of rotatable bonds is 4. The summed E-state index contributed by atoms with van der Waals surface area (Å²) in [5.41, 5.74) is 1.63. The van der Waals surface area contributed by atoms with E-state index in [9.17, 15) is 4.79 Å². The van der Waals surface area contributed by atoms with Gasteiger partial charge >= 0.3 is 5.97 Å². The van der Waals surface area contributed by atoms with E-state index in [4.69, 9.17) is 26.3 Å². The third-order valence-corrected chi connectivity index (χ3v) is 3.07. The largest absolute Gasteiger partial charge is 0.496 e. The molecule has 2 aromatic carbocycles. The predicted octanol–water partition coefficient (Wildman–Crippen LogP) is 3.58. The molecule has 0 radical (unpaired) electrons. The second-order valence-electron chi connectivity index (χ2n) is 4.23. The highest BCUT2D eigenvalue weighted by Crippen LogP contribution is 2.23. The molecule has 0 spiro atoms. The summed E-state index contributed by atoms with van der Waals surface area (Å²) < 4.78 is 10.3. The lowest BCUT2D eigenvalue weighted by atomic mass is 10.1. The van der Waals surface area contributed by atoms with Gasteiger partial charge in [-0.15, -0.1) is 0 Å². The maximum Gasteiger partial charge on any atom is 0.342 e. The van der Waals surface area contributed by atoms with Crippen LogP contribution in [-0.4, -0.2) is 13.1 Å². The molecule has 0 aliphatic rings. The first-order chi connectivity index (χ1) is 10.1. The van der Waals surface area contributed by atoms with Gasteiger partial charge in [0.05, 0.1) is 18.7 Å². The van der Waals surface area contributed by atoms with Crippen LogP contribution in [0.2, 0.25) is 5.02 Å². The van der Waals surface area contributed by atoms with Crippen molar-refractivity contribution < 1.29 is 14.3 Å². The third kappa shape index (κ3) is 3.74. The number of hydrogen-bond acceptors (Lipinski definition) is 4. The summed E-state index contributed by atoms with van der Waals surface area (Å²) in [4.78, 5) is 12.1. The number of ether oxygens (including phenoxy) is 2. The molecule has 0 N–H and O–H groups in total. The van der Waals surface area contributed by atoms with Crippen LogP contribution in [0.5, 0.6) is 5.75 Å². The van der Waals surface area contributed by atoms with Gasteiger partial charge < -0.3 is 9.47 Å². The van der Waals surface area contributed by atoms with Crippen molar-refractivity contribution in [2.24, 2.45) is 0 Å². The fourth-order valence-corrected chi connectivity index (χ4v) is 1.91. The summed E-state index contributed by atoms with van der Waals surface area (Å²) in [6.07, 6.45) is 0. The van der Waals surface area contributed by atoms with Gasteiger partial charge in [-0.2, -0.15) is 5.26 Å². The minimum Gasteiger partial charge on any atom is -0.496 e. The maximum atomic E-state index is 12.1. The van der Waals surface area contributed by atoms with Crippen molar-refractivity contribution in [3.05, 3.63) is 64.2 Å². The maximum absolute atomic E-state index is 12.1. The van der Waals surface area contributed by atoms with Crippen LogP contribution in [0.25, 0.3) is 0 Å². The van der Waals surface area contributed by atoms with Crippen molar-refractivity contribution in [1.29, 1.82) is 5.26 Å². The van der Waals surface area contributed by atoms with Gasteiger partial charge in [-0.1, -0.05) is 23.7 Å². The molecule has 0 heterocycles. The standard InChI is InChI=1S/C16H12ClNO3/c1-20-15-7-6-13(17)8-14(15)16(19)21-10-12-4-2-11(9-18)3-5-12/h2-8H,10H2,1H3. The van der Waals surface area contributed by atoms with Gasteiger partial charge in [0.25, 0.3) is 0 Å². The van der Waals surface area contributed by atoms with E-state index in [1.165, 1.54) is 13.2 Å². The first-order valence-electron chi connectivity index (χ1n) is 6.13. The minimum atomic E-state index is -0.515. The van der Waals surface area contributed by atoms with Crippen molar-refractivity contribution in [3.8, 4) is 11.8 Å². The van der Waals surface area contributed by atoms with E-state index in [-0.39, 0.29) is 12.2 Å². The molecule has 0 saturated heterocycles. The molecule has 0 aromatic heterocycles. The number of benzene rings is 2. The Morgan fingerprint density at radius 3 is 2.57 bits per heavy atom. The van der Waals surface area contributed by atoms with Gasteiger partial charge in [-0.05, 0) is 35.9 Å². The molecular weight excluding hydrogens is 290 g/mol. The summed E-state index contributed by atoms with van der Waals surface area (Å²) >= 11 is 5.87. The summed E-state index contributed by atoms with van der Waals surface area (Å²) in [5, 5.41) is 9.15. The molecule has 0 unspecified atom stereocenters. The van der Waals surface area contributed by atoms with Gasteiger partial charge in [-0.25, -0.2) is 4.79 Å². The van der Waals surface area contributed by atoms with Crippen LogP contribution < -0.4 is 4.74 Å². The second-order valence-corrected chi connectivity index (χ2v) is 4.67. The average Bonchev–Trinajstić information content (AvgIpc) is 2.53. The lowest BCUT2D eigenvalue weighted by molar-refractivity contribution is 0.0469. The summed E-state index contributed by atoms with van der Waals surface area (Å²) in [6, 6.07) is 13.6.